The number of esters is 1. The number of hydrogen-bond acceptors (Lipinski definition) is 3. The Kier molecular flexibility index (Phi) is 3.45. The topological polar surface area (TPSA) is 39.2 Å². The Hall–Kier alpha value is -1.38. The van der Waals surface area contributed by atoms with E-state index in [1.54, 1.807) is 6.20 Å². The van der Waals surface area contributed by atoms with Crippen LogP contribution in [-0.2, 0) is 9.53 Å². The van der Waals surface area contributed by atoms with E-state index in [1.165, 1.54) is 6.92 Å². The van der Waals surface area contributed by atoms with Gasteiger partial charge in [-0.1, -0.05) is 26.8 Å². The van der Waals surface area contributed by atoms with Gasteiger partial charge in [-0.15, -0.1) is 0 Å². The molecular weight excluding hydrogens is 190 g/mol. The second kappa shape index (κ2) is 4.43. The molecule has 0 saturated heterocycles. The summed E-state index contributed by atoms with van der Waals surface area (Å²) < 4.78 is 5.30. The van der Waals surface area contributed by atoms with Crippen molar-refractivity contribution in [2.75, 3.05) is 0 Å². The van der Waals surface area contributed by atoms with Gasteiger partial charge in [0.05, 0.1) is 5.69 Å². The predicted octanol–water partition coefficient (Wildman–Crippen LogP) is 2.73. The van der Waals surface area contributed by atoms with E-state index in [9.17, 15) is 4.79 Å². The van der Waals surface area contributed by atoms with Gasteiger partial charge in [0.25, 0.3) is 0 Å². The molecule has 0 spiro atoms. The molecule has 0 N–H and O–H groups in total. The summed E-state index contributed by atoms with van der Waals surface area (Å²) in [6.45, 7) is 7.49. The zero-order valence-corrected chi connectivity index (χ0v) is 9.65. The van der Waals surface area contributed by atoms with Gasteiger partial charge in [0.15, 0.2) is 0 Å². The van der Waals surface area contributed by atoms with E-state index < -0.39 is 0 Å². The minimum Gasteiger partial charge on any atom is -0.455 e. The first-order chi connectivity index (χ1) is 6.91. The first-order valence-corrected chi connectivity index (χ1v) is 4.99. The van der Waals surface area contributed by atoms with E-state index in [1.807, 2.05) is 39.0 Å². The molecular formula is C12H17NO2. The van der Waals surface area contributed by atoms with Gasteiger partial charge in [-0.2, -0.15) is 0 Å². The van der Waals surface area contributed by atoms with Crippen LogP contribution in [0, 0.1) is 5.41 Å². The first-order valence-electron chi connectivity index (χ1n) is 4.99. The molecule has 1 aromatic heterocycles. The highest BCUT2D eigenvalue weighted by atomic mass is 16.5. The fourth-order valence-electron chi connectivity index (χ4n) is 1.38. The Balaban J connectivity index is 2.97. The second-order valence-electron chi connectivity index (χ2n) is 4.61. The molecule has 0 aliphatic heterocycles. The summed E-state index contributed by atoms with van der Waals surface area (Å²) in [4.78, 5) is 15.2. The van der Waals surface area contributed by atoms with E-state index in [0.29, 0.717) is 0 Å². The van der Waals surface area contributed by atoms with Crippen molar-refractivity contribution in [3.8, 4) is 0 Å². The Morgan fingerprint density at radius 1 is 1.40 bits per heavy atom. The summed E-state index contributed by atoms with van der Waals surface area (Å²) in [6.07, 6.45) is 1.41. The Morgan fingerprint density at radius 2 is 2.07 bits per heavy atom. The number of hydrogen-bond donors (Lipinski definition) is 0. The van der Waals surface area contributed by atoms with Crippen LogP contribution in [0.15, 0.2) is 24.4 Å². The van der Waals surface area contributed by atoms with Gasteiger partial charge in [0.2, 0.25) is 0 Å². The van der Waals surface area contributed by atoms with Crippen molar-refractivity contribution in [1.82, 2.24) is 4.98 Å². The van der Waals surface area contributed by atoms with Gasteiger partial charge in [0, 0.05) is 18.5 Å². The summed E-state index contributed by atoms with van der Waals surface area (Å²) >= 11 is 0. The third kappa shape index (κ3) is 3.35. The molecule has 0 aromatic carbocycles. The van der Waals surface area contributed by atoms with Gasteiger partial charge in [-0.25, -0.2) is 0 Å². The van der Waals surface area contributed by atoms with Crippen LogP contribution in [-0.4, -0.2) is 11.0 Å². The fourth-order valence-corrected chi connectivity index (χ4v) is 1.38. The van der Waals surface area contributed by atoms with Crippen LogP contribution in [0.2, 0.25) is 0 Å². The molecule has 1 atom stereocenters. The Labute approximate surface area is 90.5 Å². The van der Waals surface area contributed by atoms with Gasteiger partial charge in [-0.3, -0.25) is 9.78 Å². The number of carbonyl (C=O) groups excluding carboxylic acids is 1. The van der Waals surface area contributed by atoms with E-state index >= 15 is 0 Å². The highest BCUT2D eigenvalue weighted by Crippen LogP contribution is 2.34. The minimum atomic E-state index is -0.295. The smallest absolute Gasteiger partial charge is 0.303 e. The zero-order chi connectivity index (χ0) is 11.5. The summed E-state index contributed by atoms with van der Waals surface area (Å²) in [7, 11) is 0. The Morgan fingerprint density at radius 3 is 2.47 bits per heavy atom. The number of rotatable bonds is 2. The minimum absolute atomic E-state index is 0.153. The van der Waals surface area contributed by atoms with Crippen LogP contribution in [0.5, 0.6) is 0 Å². The second-order valence-corrected chi connectivity index (χ2v) is 4.61. The fraction of sp³-hybridized carbons (Fsp3) is 0.500. The largest absolute Gasteiger partial charge is 0.455 e. The molecule has 0 amide bonds. The molecule has 15 heavy (non-hydrogen) atoms. The lowest BCUT2D eigenvalue weighted by molar-refractivity contribution is -0.152. The quantitative estimate of drug-likeness (QED) is 0.700. The third-order valence-corrected chi connectivity index (χ3v) is 2.03. The molecule has 0 aliphatic rings. The van der Waals surface area contributed by atoms with Crippen molar-refractivity contribution >= 4 is 5.97 Å². The average Bonchev–Trinajstić information content (AvgIpc) is 2.14. The average molecular weight is 207 g/mol. The lowest BCUT2D eigenvalue weighted by Crippen LogP contribution is -2.24. The molecule has 82 valence electrons. The maximum atomic E-state index is 11.0. The lowest BCUT2D eigenvalue weighted by Gasteiger charge is -2.29. The molecule has 3 heteroatoms. The van der Waals surface area contributed by atoms with Crippen molar-refractivity contribution in [1.29, 1.82) is 0 Å². The maximum absolute atomic E-state index is 11.0. The standard InChI is InChI=1S/C12H17NO2/c1-9(14)15-11(12(2,3)4)10-7-5-6-8-13-10/h5-8,11H,1-4H3. The summed E-state index contributed by atoms with van der Waals surface area (Å²) in [6, 6.07) is 5.61. The van der Waals surface area contributed by atoms with E-state index in [2.05, 4.69) is 4.98 Å². The highest BCUT2D eigenvalue weighted by molar-refractivity contribution is 5.66. The molecule has 0 aliphatic carbocycles. The van der Waals surface area contributed by atoms with Crippen LogP contribution in [0.4, 0.5) is 0 Å². The van der Waals surface area contributed by atoms with Crippen LogP contribution in [0.25, 0.3) is 0 Å². The van der Waals surface area contributed by atoms with Gasteiger partial charge < -0.3 is 4.74 Å². The molecule has 1 unspecified atom stereocenters. The van der Waals surface area contributed by atoms with Crippen molar-refractivity contribution in [2.24, 2.45) is 5.41 Å². The van der Waals surface area contributed by atoms with E-state index in [0.717, 1.165) is 5.69 Å². The van der Waals surface area contributed by atoms with Crippen molar-refractivity contribution < 1.29 is 9.53 Å². The van der Waals surface area contributed by atoms with Crippen molar-refractivity contribution in [2.45, 2.75) is 33.8 Å². The van der Waals surface area contributed by atoms with Crippen LogP contribution < -0.4 is 0 Å². The summed E-state index contributed by atoms with van der Waals surface area (Å²) in [5, 5.41) is 0. The van der Waals surface area contributed by atoms with Gasteiger partial charge >= 0.3 is 5.97 Å². The highest BCUT2D eigenvalue weighted by Gasteiger charge is 2.29. The maximum Gasteiger partial charge on any atom is 0.303 e. The molecule has 0 bridgehead atoms. The monoisotopic (exact) mass is 207 g/mol. The Bertz CT molecular complexity index is 327. The molecule has 1 heterocycles. The molecule has 1 aromatic rings. The number of pyridine rings is 1. The van der Waals surface area contributed by atoms with Crippen molar-refractivity contribution in [3.05, 3.63) is 30.1 Å². The first kappa shape index (κ1) is 11.7. The van der Waals surface area contributed by atoms with Gasteiger partial charge in [0.1, 0.15) is 6.10 Å². The molecule has 3 nitrogen and oxygen atoms in total. The van der Waals surface area contributed by atoms with E-state index in [-0.39, 0.29) is 17.5 Å². The van der Waals surface area contributed by atoms with Crippen LogP contribution in [0.3, 0.4) is 0 Å². The van der Waals surface area contributed by atoms with Crippen LogP contribution in [0.1, 0.15) is 39.5 Å². The number of nitrogens with zero attached hydrogens (tertiary/aromatic N) is 1. The van der Waals surface area contributed by atoms with Crippen molar-refractivity contribution in [3.63, 3.8) is 0 Å². The number of ether oxygens (including phenoxy) is 1. The molecule has 0 saturated carbocycles. The third-order valence-electron chi connectivity index (χ3n) is 2.03. The molecule has 1 rings (SSSR count). The van der Waals surface area contributed by atoms with Crippen LogP contribution >= 0.6 is 0 Å². The number of carbonyl (C=O) groups is 1. The van der Waals surface area contributed by atoms with E-state index in [4.69, 9.17) is 4.74 Å². The molecule has 0 radical (unpaired) electrons. The zero-order valence-electron chi connectivity index (χ0n) is 9.65. The predicted molar refractivity (Wildman–Crippen MR) is 58.2 cm³/mol. The lowest BCUT2D eigenvalue weighted by atomic mass is 9.87. The summed E-state index contributed by atoms with van der Waals surface area (Å²) in [5.74, 6) is -0.277. The number of aromatic nitrogens is 1. The normalized spacial score (nSPS) is 13.3. The molecule has 0 fully saturated rings. The van der Waals surface area contributed by atoms with Gasteiger partial charge in [-0.05, 0) is 12.1 Å². The summed E-state index contributed by atoms with van der Waals surface area (Å²) in [5.41, 5.74) is 0.639. The SMILES string of the molecule is CC(=O)OC(c1ccccn1)C(C)(C)C.